The number of hydrogen-bond acceptors (Lipinski definition) is 3. The van der Waals surface area contributed by atoms with Crippen molar-refractivity contribution in [2.45, 2.75) is 45.6 Å². The normalized spacial score (nSPS) is 14.5. The van der Waals surface area contributed by atoms with Crippen molar-refractivity contribution < 1.29 is 8.42 Å². The minimum atomic E-state index is -3.58. The van der Waals surface area contributed by atoms with Gasteiger partial charge in [0.05, 0.1) is 5.69 Å². The van der Waals surface area contributed by atoms with Gasteiger partial charge in [0.25, 0.3) is 0 Å². The summed E-state index contributed by atoms with van der Waals surface area (Å²) < 4.78 is 27.4. The number of nitrogens with one attached hydrogen (secondary N) is 1. The predicted molar refractivity (Wildman–Crippen MR) is 74.8 cm³/mol. The van der Waals surface area contributed by atoms with Crippen LogP contribution in [0.2, 0.25) is 0 Å². The average molecular weight is 270 g/mol. The average Bonchev–Trinajstić information content (AvgIpc) is 2.14. The highest BCUT2D eigenvalue weighted by Crippen LogP contribution is 2.25. The molecule has 0 saturated heterocycles. The van der Waals surface area contributed by atoms with E-state index in [1.165, 1.54) is 0 Å². The van der Waals surface area contributed by atoms with E-state index < -0.39 is 10.0 Å². The lowest BCUT2D eigenvalue weighted by Crippen LogP contribution is -2.41. The molecule has 0 aliphatic rings. The number of nitrogen functional groups attached to an aromatic ring is 1. The Labute approximate surface area is 110 Å². The second kappa shape index (κ2) is 4.90. The molecule has 1 aromatic carbocycles. The van der Waals surface area contributed by atoms with Crippen molar-refractivity contribution in [2.24, 2.45) is 5.41 Å². The van der Waals surface area contributed by atoms with E-state index in [9.17, 15) is 8.42 Å². The Morgan fingerprint density at radius 3 is 2.28 bits per heavy atom. The monoisotopic (exact) mass is 270 g/mol. The van der Waals surface area contributed by atoms with Crippen LogP contribution < -0.4 is 10.5 Å². The first kappa shape index (κ1) is 15.0. The van der Waals surface area contributed by atoms with Crippen LogP contribution in [-0.4, -0.2) is 14.5 Å². The van der Waals surface area contributed by atoms with Crippen LogP contribution in [0.1, 0.15) is 33.3 Å². The maximum atomic E-state index is 12.3. The van der Waals surface area contributed by atoms with Gasteiger partial charge in [0.15, 0.2) is 0 Å². The van der Waals surface area contributed by atoms with E-state index in [4.69, 9.17) is 5.73 Å². The van der Waals surface area contributed by atoms with Gasteiger partial charge in [0, 0.05) is 6.04 Å². The second-order valence-electron chi connectivity index (χ2n) is 5.70. The Balaban J connectivity index is 3.16. The summed E-state index contributed by atoms with van der Waals surface area (Å²) in [4.78, 5) is 0.182. The zero-order valence-corrected chi connectivity index (χ0v) is 12.4. The highest BCUT2D eigenvalue weighted by molar-refractivity contribution is 7.89. The zero-order chi connectivity index (χ0) is 14.1. The van der Waals surface area contributed by atoms with E-state index in [2.05, 4.69) is 4.72 Å². The molecule has 0 aliphatic heterocycles. The smallest absolute Gasteiger partial charge is 0.243 e. The number of sulfonamides is 1. The lowest BCUT2D eigenvalue weighted by atomic mass is 9.89. The molecule has 0 fully saturated rings. The van der Waals surface area contributed by atoms with Crippen molar-refractivity contribution in [3.8, 4) is 0 Å². The van der Waals surface area contributed by atoms with Crippen molar-refractivity contribution in [2.75, 3.05) is 5.73 Å². The van der Waals surface area contributed by atoms with Gasteiger partial charge >= 0.3 is 0 Å². The van der Waals surface area contributed by atoms with Crippen molar-refractivity contribution in [3.63, 3.8) is 0 Å². The molecule has 0 spiro atoms. The van der Waals surface area contributed by atoms with E-state index in [1.807, 2.05) is 27.7 Å². The van der Waals surface area contributed by atoms with Crippen molar-refractivity contribution in [3.05, 3.63) is 23.8 Å². The molecule has 0 heterocycles. The summed E-state index contributed by atoms with van der Waals surface area (Å²) in [5.74, 6) is 0. The first-order valence-electron chi connectivity index (χ1n) is 5.93. The molecule has 3 N–H and O–H groups in total. The highest BCUT2D eigenvalue weighted by Gasteiger charge is 2.27. The minimum Gasteiger partial charge on any atom is -0.398 e. The predicted octanol–water partition coefficient (Wildman–Crippen LogP) is 2.29. The summed E-state index contributed by atoms with van der Waals surface area (Å²) in [6.45, 7) is 9.56. The number of nitrogens with two attached hydrogens (primary N) is 1. The number of aryl methyl sites for hydroxylation is 1. The Kier molecular flexibility index (Phi) is 4.08. The molecule has 0 amide bonds. The number of benzene rings is 1. The zero-order valence-electron chi connectivity index (χ0n) is 11.6. The first-order chi connectivity index (χ1) is 8.05. The summed E-state index contributed by atoms with van der Waals surface area (Å²) in [6.07, 6.45) is 0. The fraction of sp³-hybridized carbons (Fsp3) is 0.538. The topological polar surface area (TPSA) is 72.2 Å². The summed E-state index contributed by atoms with van der Waals surface area (Å²) in [7, 11) is -3.58. The molecule has 18 heavy (non-hydrogen) atoms. The maximum Gasteiger partial charge on any atom is 0.243 e. The second-order valence-corrected chi connectivity index (χ2v) is 7.35. The largest absolute Gasteiger partial charge is 0.398 e. The molecule has 1 atom stereocenters. The molecule has 102 valence electrons. The van der Waals surface area contributed by atoms with Gasteiger partial charge in [-0.3, -0.25) is 0 Å². The summed E-state index contributed by atoms with van der Waals surface area (Å²) in [5, 5.41) is 0. The number of anilines is 1. The molecule has 1 unspecified atom stereocenters. The Morgan fingerprint density at radius 1 is 1.28 bits per heavy atom. The van der Waals surface area contributed by atoms with Crippen LogP contribution in [0, 0.1) is 12.3 Å². The summed E-state index contributed by atoms with van der Waals surface area (Å²) in [6, 6.07) is 4.91. The maximum absolute atomic E-state index is 12.3. The van der Waals surface area contributed by atoms with Gasteiger partial charge in [0.2, 0.25) is 10.0 Å². The van der Waals surface area contributed by atoms with Gasteiger partial charge in [-0.1, -0.05) is 32.9 Å². The van der Waals surface area contributed by atoms with Crippen LogP contribution in [0.3, 0.4) is 0 Å². The molecule has 0 bridgehead atoms. The van der Waals surface area contributed by atoms with E-state index in [0.717, 1.165) is 0 Å². The van der Waals surface area contributed by atoms with Crippen molar-refractivity contribution in [1.82, 2.24) is 4.72 Å². The molecule has 0 aliphatic carbocycles. The van der Waals surface area contributed by atoms with Gasteiger partial charge in [-0.2, -0.15) is 0 Å². The molecule has 0 saturated carbocycles. The third kappa shape index (κ3) is 3.23. The molecule has 1 rings (SSSR count). The van der Waals surface area contributed by atoms with Crippen LogP contribution in [0.4, 0.5) is 5.69 Å². The van der Waals surface area contributed by atoms with Gasteiger partial charge in [0.1, 0.15) is 4.90 Å². The van der Waals surface area contributed by atoms with Crippen molar-refractivity contribution in [1.29, 1.82) is 0 Å². The standard InChI is InChI=1S/C13H22N2O2S/c1-9-7-6-8-11(14)12(9)18(16,17)15-10(2)13(3,4)5/h6-8,10,15H,14H2,1-5H3. The molecule has 1 aromatic rings. The van der Waals surface area contributed by atoms with Crippen molar-refractivity contribution >= 4 is 15.7 Å². The third-order valence-electron chi connectivity index (χ3n) is 3.14. The summed E-state index contributed by atoms with van der Waals surface area (Å²) in [5.41, 5.74) is 6.56. The molecular weight excluding hydrogens is 248 g/mol. The Bertz CT molecular complexity index is 510. The van der Waals surface area contributed by atoms with Crippen LogP contribution in [-0.2, 0) is 10.0 Å². The number of rotatable bonds is 3. The van der Waals surface area contributed by atoms with E-state index in [1.54, 1.807) is 25.1 Å². The molecule has 5 heteroatoms. The lowest BCUT2D eigenvalue weighted by Gasteiger charge is -2.28. The van der Waals surface area contributed by atoms with E-state index in [0.29, 0.717) is 5.56 Å². The van der Waals surface area contributed by atoms with Gasteiger partial charge in [-0.25, -0.2) is 13.1 Å². The van der Waals surface area contributed by atoms with Crippen LogP contribution in [0.15, 0.2) is 23.1 Å². The van der Waals surface area contributed by atoms with E-state index in [-0.39, 0.29) is 22.0 Å². The van der Waals surface area contributed by atoms with Crippen LogP contribution in [0.5, 0.6) is 0 Å². The minimum absolute atomic E-state index is 0.148. The van der Waals surface area contributed by atoms with E-state index >= 15 is 0 Å². The quantitative estimate of drug-likeness (QED) is 0.828. The number of hydrogen-bond donors (Lipinski definition) is 2. The molecule has 0 aromatic heterocycles. The highest BCUT2D eigenvalue weighted by atomic mass is 32.2. The van der Waals surface area contributed by atoms with Gasteiger partial charge in [-0.15, -0.1) is 0 Å². The Hall–Kier alpha value is -1.07. The molecule has 0 radical (unpaired) electrons. The molecule has 4 nitrogen and oxygen atoms in total. The van der Waals surface area contributed by atoms with Crippen LogP contribution >= 0.6 is 0 Å². The SMILES string of the molecule is Cc1cccc(N)c1S(=O)(=O)NC(C)C(C)(C)C. The van der Waals surface area contributed by atoms with Gasteiger partial charge < -0.3 is 5.73 Å². The fourth-order valence-corrected chi connectivity index (χ4v) is 3.32. The lowest BCUT2D eigenvalue weighted by molar-refractivity contribution is 0.317. The third-order valence-corrected chi connectivity index (χ3v) is 4.90. The molecular formula is C13H22N2O2S. The van der Waals surface area contributed by atoms with Gasteiger partial charge in [-0.05, 0) is 30.9 Å². The first-order valence-corrected chi connectivity index (χ1v) is 7.41. The van der Waals surface area contributed by atoms with Crippen LogP contribution in [0.25, 0.3) is 0 Å². The summed E-state index contributed by atoms with van der Waals surface area (Å²) >= 11 is 0. The fourth-order valence-electron chi connectivity index (χ4n) is 1.51. The Morgan fingerprint density at radius 2 is 1.83 bits per heavy atom.